The average Bonchev–Trinajstić information content (AvgIpc) is 2.79. The van der Waals surface area contributed by atoms with Crippen LogP contribution < -0.4 is 0 Å². The van der Waals surface area contributed by atoms with Gasteiger partial charge < -0.3 is 20.4 Å². The summed E-state index contributed by atoms with van der Waals surface area (Å²) in [4.78, 5) is 0. The Hall–Kier alpha value is -0.160. The van der Waals surface area contributed by atoms with Gasteiger partial charge in [0.15, 0.2) is 0 Å². The normalized spacial score (nSPS) is 15.6. The molecule has 0 saturated carbocycles. The van der Waals surface area contributed by atoms with E-state index in [-0.39, 0.29) is 12.2 Å². The van der Waals surface area contributed by atoms with Crippen LogP contribution in [-0.2, 0) is 0 Å². The molecule has 0 spiro atoms. The average molecular weight is 459 g/mol. The predicted octanol–water partition coefficient (Wildman–Crippen LogP) is 7.05. The lowest BCUT2D eigenvalue weighted by Crippen LogP contribution is -2.28. The highest BCUT2D eigenvalue weighted by Crippen LogP contribution is 2.17. The van der Waals surface area contributed by atoms with E-state index in [2.05, 4.69) is 13.8 Å². The molecule has 0 aliphatic rings. The quantitative estimate of drug-likeness (QED) is 0.110. The summed E-state index contributed by atoms with van der Waals surface area (Å²) in [6, 6.07) is 0. The molecular formula is C28H58O4. The van der Waals surface area contributed by atoms with Crippen molar-refractivity contribution in [1.29, 1.82) is 0 Å². The Morgan fingerprint density at radius 2 is 0.625 bits per heavy atom. The Morgan fingerprint density at radius 3 is 0.938 bits per heavy atom. The Labute approximate surface area is 200 Å². The third kappa shape index (κ3) is 21.7. The molecule has 4 N–H and O–H groups in total. The molecule has 32 heavy (non-hydrogen) atoms. The molecule has 0 aliphatic carbocycles. The van der Waals surface area contributed by atoms with Crippen LogP contribution in [0.2, 0.25) is 0 Å². The first-order chi connectivity index (χ1) is 15.5. The molecule has 0 aromatic carbocycles. The predicted molar refractivity (Wildman–Crippen MR) is 137 cm³/mol. The maximum Gasteiger partial charge on any atom is 0.0800 e. The van der Waals surface area contributed by atoms with Crippen LogP contribution >= 0.6 is 0 Å². The summed E-state index contributed by atoms with van der Waals surface area (Å²) in [5, 5.41) is 40.6. The summed E-state index contributed by atoms with van der Waals surface area (Å²) >= 11 is 0. The monoisotopic (exact) mass is 458 g/mol. The van der Waals surface area contributed by atoms with Crippen LogP contribution in [0, 0.1) is 0 Å². The Bertz CT molecular complexity index is 329. The summed E-state index contributed by atoms with van der Waals surface area (Å²) in [6.45, 7) is 4.47. The number of aliphatic hydroxyl groups excluding tert-OH is 4. The number of aliphatic hydroxyl groups is 4. The van der Waals surface area contributed by atoms with Gasteiger partial charge in [0.05, 0.1) is 24.4 Å². The maximum absolute atomic E-state index is 10.2. The smallest absolute Gasteiger partial charge is 0.0800 e. The molecule has 0 bridgehead atoms. The zero-order chi connectivity index (χ0) is 23.9. The van der Waals surface area contributed by atoms with Crippen molar-refractivity contribution in [3.63, 3.8) is 0 Å². The van der Waals surface area contributed by atoms with E-state index in [1.165, 1.54) is 89.9 Å². The fraction of sp³-hybridized carbons (Fsp3) is 1.00. The van der Waals surface area contributed by atoms with Crippen LogP contribution in [0.3, 0.4) is 0 Å². The highest BCUT2D eigenvalue weighted by Gasteiger charge is 2.19. The molecule has 0 rings (SSSR count). The zero-order valence-corrected chi connectivity index (χ0v) is 21.7. The highest BCUT2D eigenvalue weighted by atomic mass is 16.3. The fourth-order valence-corrected chi connectivity index (χ4v) is 4.43. The topological polar surface area (TPSA) is 80.9 Å². The molecule has 0 heterocycles. The fourth-order valence-electron chi connectivity index (χ4n) is 4.43. The number of hydrogen-bond acceptors (Lipinski definition) is 4. The van der Waals surface area contributed by atoms with E-state index in [0.29, 0.717) is 25.7 Å². The molecule has 4 atom stereocenters. The van der Waals surface area contributed by atoms with Gasteiger partial charge in [0.1, 0.15) is 0 Å². The SMILES string of the molecule is CCCCCCCCCCC(O)CCC(O)C(O)CCC(O)CCCCCCCCCC. The minimum absolute atomic E-state index is 0.385. The van der Waals surface area contributed by atoms with Crippen LogP contribution in [0.25, 0.3) is 0 Å². The summed E-state index contributed by atoms with van der Waals surface area (Å²) in [5.74, 6) is 0. The minimum atomic E-state index is -0.807. The molecule has 0 saturated heterocycles. The lowest BCUT2D eigenvalue weighted by molar-refractivity contribution is -0.00700. The van der Waals surface area contributed by atoms with Gasteiger partial charge in [0, 0.05) is 0 Å². The van der Waals surface area contributed by atoms with Crippen LogP contribution in [0.1, 0.15) is 155 Å². The van der Waals surface area contributed by atoms with Crippen molar-refractivity contribution in [1.82, 2.24) is 0 Å². The van der Waals surface area contributed by atoms with Crippen molar-refractivity contribution in [2.45, 2.75) is 180 Å². The summed E-state index contributed by atoms with van der Waals surface area (Å²) in [5.41, 5.74) is 0. The van der Waals surface area contributed by atoms with E-state index < -0.39 is 12.2 Å². The molecule has 4 nitrogen and oxygen atoms in total. The van der Waals surface area contributed by atoms with Gasteiger partial charge in [0.25, 0.3) is 0 Å². The Balaban J connectivity index is 3.59. The zero-order valence-electron chi connectivity index (χ0n) is 21.7. The summed E-state index contributed by atoms with van der Waals surface area (Å²) in [7, 11) is 0. The first-order valence-corrected chi connectivity index (χ1v) is 14.2. The van der Waals surface area contributed by atoms with Gasteiger partial charge >= 0.3 is 0 Å². The van der Waals surface area contributed by atoms with E-state index in [1.54, 1.807) is 0 Å². The summed E-state index contributed by atoms with van der Waals surface area (Å²) in [6.07, 6.45) is 21.2. The van der Waals surface area contributed by atoms with Gasteiger partial charge in [-0.25, -0.2) is 0 Å². The second-order valence-electron chi connectivity index (χ2n) is 10.1. The molecule has 4 unspecified atom stereocenters. The molecular weight excluding hydrogens is 400 g/mol. The largest absolute Gasteiger partial charge is 0.393 e. The molecule has 0 amide bonds. The molecule has 4 heteroatoms. The summed E-state index contributed by atoms with van der Waals surface area (Å²) < 4.78 is 0. The van der Waals surface area contributed by atoms with Crippen LogP contribution in [0.5, 0.6) is 0 Å². The number of rotatable bonds is 25. The van der Waals surface area contributed by atoms with E-state index in [1.807, 2.05) is 0 Å². The number of hydrogen-bond donors (Lipinski definition) is 4. The van der Waals surface area contributed by atoms with E-state index in [9.17, 15) is 20.4 Å². The van der Waals surface area contributed by atoms with E-state index in [4.69, 9.17) is 0 Å². The van der Waals surface area contributed by atoms with Crippen molar-refractivity contribution in [2.24, 2.45) is 0 Å². The van der Waals surface area contributed by atoms with Crippen molar-refractivity contribution < 1.29 is 20.4 Å². The second kappa shape index (κ2) is 24.0. The highest BCUT2D eigenvalue weighted by molar-refractivity contribution is 4.71. The third-order valence-electron chi connectivity index (χ3n) is 6.82. The minimum Gasteiger partial charge on any atom is -0.393 e. The molecule has 0 aromatic rings. The Morgan fingerprint density at radius 1 is 0.344 bits per heavy atom. The van der Waals surface area contributed by atoms with Gasteiger partial charge in [-0.05, 0) is 38.5 Å². The molecule has 0 aliphatic heterocycles. The van der Waals surface area contributed by atoms with E-state index in [0.717, 1.165) is 25.7 Å². The second-order valence-corrected chi connectivity index (χ2v) is 10.1. The molecule has 194 valence electrons. The van der Waals surface area contributed by atoms with Crippen LogP contribution in [0.15, 0.2) is 0 Å². The van der Waals surface area contributed by atoms with Gasteiger partial charge in [-0.3, -0.25) is 0 Å². The number of unbranched alkanes of at least 4 members (excludes halogenated alkanes) is 14. The Kier molecular flexibility index (Phi) is 23.9. The molecule has 0 fully saturated rings. The van der Waals surface area contributed by atoms with Gasteiger partial charge in [-0.2, -0.15) is 0 Å². The van der Waals surface area contributed by atoms with Crippen molar-refractivity contribution in [3.05, 3.63) is 0 Å². The van der Waals surface area contributed by atoms with Gasteiger partial charge in [-0.1, -0.05) is 117 Å². The van der Waals surface area contributed by atoms with Gasteiger partial charge in [-0.15, -0.1) is 0 Å². The van der Waals surface area contributed by atoms with Crippen molar-refractivity contribution in [2.75, 3.05) is 0 Å². The van der Waals surface area contributed by atoms with Crippen LogP contribution in [0.4, 0.5) is 0 Å². The van der Waals surface area contributed by atoms with Crippen LogP contribution in [-0.4, -0.2) is 44.8 Å². The third-order valence-corrected chi connectivity index (χ3v) is 6.82. The first kappa shape index (κ1) is 31.8. The standard InChI is InChI=1S/C28H58O4/c1-3-5-7-9-11-13-15-17-19-25(29)21-23-27(31)28(32)24-22-26(30)20-18-16-14-12-10-8-6-4-2/h25-32H,3-24H2,1-2H3. The molecule has 0 radical (unpaired) electrons. The van der Waals surface area contributed by atoms with E-state index >= 15 is 0 Å². The van der Waals surface area contributed by atoms with Crippen molar-refractivity contribution >= 4 is 0 Å². The first-order valence-electron chi connectivity index (χ1n) is 14.2. The lowest BCUT2D eigenvalue weighted by atomic mass is 9.97. The van der Waals surface area contributed by atoms with Gasteiger partial charge in [0.2, 0.25) is 0 Å². The maximum atomic E-state index is 10.2. The van der Waals surface area contributed by atoms with Crippen molar-refractivity contribution in [3.8, 4) is 0 Å². The lowest BCUT2D eigenvalue weighted by Gasteiger charge is -2.20. The molecule has 0 aromatic heterocycles.